The van der Waals surface area contributed by atoms with Gasteiger partial charge in [0.2, 0.25) is 0 Å². The Balaban J connectivity index is 1.26. The van der Waals surface area contributed by atoms with Crippen molar-refractivity contribution in [2.45, 2.75) is 0 Å². The molecule has 0 radical (unpaired) electrons. The van der Waals surface area contributed by atoms with Gasteiger partial charge < -0.3 is 16.9 Å². The van der Waals surface area contributed by atoms with Crippen LogP contribution in [-0.2, 0) is 0 Å². The monoisotopic (exact) mass is 688 g/mol. The molecule has 0 saturated heterocycles. The standard InChI is InChI=1S/C48H28N4Si/c1-5-13-33-21-41-37(17-29(33)9-1)25-45-46-26-38-18-30-10-2-6-14-34(30)22-42(38)50(46)53(49(41)45)51-43-23-35-15-7-3-11-31(35)19-39(43)27-47(51)48-28-40-20-32-12-4-8-16-36(32)24-44(40)52(48)53/h1-28H. The fourth-order valence-corrected chi connectivity index (χ4v) is 15.5. The molecule has 0 atom stereocenters. The van der Waals surface area contributed by atoms with E-state index in [0.717, 1.165) is 0 Å². The molecule has 5 heteroatoms. The van der Waals surface area contributed by atoms with Crippen molar-refractivity contribution >= 4 is 95.4 Å². The molecular weight excluding hydrogens is 661 g/mol. The molecule has 1 spiro atoms. The van der Waals surface area contributed by atoms with Gasteiger partial charge in [-0.3, -0.25) is 0 Å². The normalized spacial score (nSPS) is 14.2. The Bertz CT molecular complexity index is 3160. The van der Waals surface area contributed by atoms with Crippen molar-refractivity contribution in [1.29, 1.82) is 0 Å². The molecule has 2 aliphatic heterocycles. The summed E-state index contributed by atoms with van der Waals surface area (Å²) in [6, 6.07) is 64.6. The van der Waals surface area contributed by atoms with Crippen LogP contribution in [0.3, 0.4) is 0 Å². The van der Waals surface area contributed by atoms with Gasteiger partial charge in [0.15, 0.2) is 0 Å². The third-order valence-electron chi connectivity index (χ3n) is 12.4. The van der Waals surface area contributed by atoms with Crippen molar-refractivity contribution in [3.8, 4) is 22.8 Å². The molecule has 14 rings (SSSR count). The van der Waals surface area contributed by atoms with Gasteiger partial charge in [-0.1, -0.05) is 97.1 Å². The molecule has 4 nitrogen and oxygen atoms in total. The van der Waals surface area contributed by atoms with E-state index in [1.165, 1.54) is 109 Å². The predicted octanol–water partition coefficient (Wildman–Crippen LogP) is 12.0. The Hall–Kier alpha value is -6.82. The van der Waals surface area contributed by atoms with Crippen LogP contribution in [0.4, 0.5) is 0 Å². The lowest BCUT2D eigenvalue weighted by Crippen LogP contribution is -2.59. The Morgan fingerprint density at radius 1 is 0.226 bits per heavy atom. The summed E-state index contributed by atoms with van der Waals surface area (Å²) in [5.74, 6) is 0. The number of hydrogen-bond donors (Lipinski definition) is 0. The molecule has 0 unspecified atom stereocenters. The molecule has 6 heterocycles. The van der Waals surface area contributed by atoms with Crippen LogP contribution in [0.5, 0.6) is 0 Å². The maximum atomic E-state index is 2.79. The number of rotatable bonds is 0. The molecule has 244 valence electrons. The van der Waals surface area contributed by atoms with Crippen molar-refractivity contribution in [2.24, 2.45) is 0 Å². The predicted molar refractivity (Wildman–Crippen MR) is 223 cm³/mol. The molecule has 8 aromatic carbocycles. The molecule has 0 aliphatic carbocycles. The third kappa shape index (κ3) is 3.09. The molecule has 0 fully saturated rings. The van der Waals surface area contributed by atoms with Gasteiger partial charge in [0.1, 0.15) is 0 Å². The Labute approximate surface area is 303 Å². The summed E-state index contributed by atoms with van der Waals surface area (Å²) in [5.41, 5.74) is 10.3. The third-order valence-corrected chi connectivity index (χ3v) is 16.7. The van der Waals surface area contributed by atoms with Gasteiger partial charge in [-0.25, -0.2) is 0 Å². The van der Waals surface area contributed by atoms with E-state index in [4.69, 9.17) is 0 Å². The summed E-state index contributed by atoms with van der Waals surface area (Å²) in [6.45, 7) is 0. The fourth-order valence-electron chi connectivity index (χ4n) is 10.2. The molecular formula is C48H28N4Si. The summed E-state index contributed by atoms with van der Waals surface area (Å²) < 4.78 is 11.2. The lowest BCUT2D eigenvalue weighted by atomic mass is 10.1. The highest BCUT2D eigenvalue weighted by Gasteiger charge is 2.60. The average Bonchev–Trinajstić information content (AvgIpc) is 4.01. The van der Waals surface area contributed by atoms with Gasteiger partial charge in [-0.05, 0) is 116 Å². The molecule has 53 heavy (non-hydrogen) atoms. The Morgan fingerprint density at radius 2 is 0.434 bits per heavy atom. The van der Waals surface area contributed by atoms with Crippen molar-refractivity contribution in [3.63, 3.8) is 0 Å². The van der Waals surface area contributed by atoms with E-state index in [1.54, 1.807) is 0 Å². The zero-order valence-corrected chi connectivity index (χ0v) is 29.5. The second kappa shape index (κ2) is 8.96. The molecule has 2 aliphatic rings. The Kier molecular flexibility index (Phi) is 4.55. The van der Waals surface area contributed by atoms with Crippen LogP contribution in [-0.4, -0.2) is 25.7 Å². The van der Waals surface area contributed by atoms with E-state index < -0.39 is 8.72 Å². The van der Waals surface area contributed by atoms with Crippen LogP contribution < -0.4 is 0 Å². The van der Waals surface area contributed by atoms with Crippen molar-refractivity contribution < 1.29 is 0 Å². The summed E-state index contributed by atoms with van der Waals surface area (Å²) in [6.07, 6.45) is 0. The molecule has 0 bridgehead atoms. The van der Waals surface area contributed by atoms with Gasteiger partial charge in [0.05, 0.1) is 22.8 Å². The molecule has 12 aromatic rings. The van der Waals surface area contributed by atoms with Crippen molar-refractivity contribution in [2.75, 3.05) is 0 Å². The van der Waals surface area contributed by atoms with Crippen LogP contribution in [0.1, 0.15) is 0 Å². The molecule has 4 aromatic heterocycles. The van der Waals surface area contributed by atoms with Gasteiger partial charge in [-0.2, -0.15) is 0 Å². The Morgan fingerprint density at radius 3 is 0.660 bits per heavy atom. The van der Waals surface area contributed by atoms with Gasteiger partial charge in [0, 0.05) is 43.6 Å². The first-order valence-corrected chi connectivity index (χ1v) is 20.2. The van der Waals surface area contributed by atoms with E-state index in [-0.39, 0.29) is 0 Å². The number of fused-ring (bicyclic) bond motifs is 22. The summed E-state index contributed by atoms with van der Waals surface area (Å²) in [5, 5.41) is 15.3. The average molecular weight is 689 g/mol. The number of benzene rings is 8. The lowest BCUT2D eigenvalue weighted by molar-refractivity contribution is 0.961. The van der Waals surface area contributed by atoms with E-state index >= 15 is 0 Å². The minimum Gasteiger partial charge on any atom is -0.313 e. The highest BCUT2D eigenvalue weighted by Crippen LogP contribution is 2.53. The molecule has 0 amide bonds. The highest BCUT2D eigenvalue weighted by molar-refractivity contribution is 6.81. The number of hydrogen-bond acceptors (Lipinski definition) is 0. The topological polar surface area (TPSA) is 19.7 Å². The highest BCUT2D eigenvalue weighted by atomic mass is 28.4. The van der Waals surface area contributed by atoms with Crippen LogP contribution in [0.15, 0.2) is 170 Å². The molecule has 0 N–H and O–H groups in total. The van der Waals surface area contributed by atoms with E-state index in [2.05, 4.69) is 187 Å². The van der Waals surface area contributed by atoms with E-state index in [9.17, 15) is 0 Å². The van der Waals surface area contributed by atoms with Gasteiger partial charge >= 0.3 is 8.72 Å². The largest absolute Gasteiger partial charge is 0.522 e. The minimum absolute atomic E-state index is 1.27. The minimum atomic E-state index is -3.28. The van der Waals surface area contributed by atoms with E-state index in [1.807, 2.05) is 0 Å². The van der Waals surface area contributed by atoms with Crippen LogP contribution >= 0.6 is 0 Å². The van der Waals surface area contributed by atoms with Crippen molar-refractivity contribution in [3.05, 3.63) is 170 Å². The number of nitrogens with zero attached hydrogens (tertiary/aromatic N) is 4. The second-order valence-corrected chi connectivity index (χ2v) is 18.1. The first-order chi connectivity index (χ1) is 26.2. The summed E-state index contributed by atoms with van der Waals surface area (Å²) >= 11 is 0. The number of aromatic nitrogens is 4. The SMILES string of the molecule is c1ccc2cc3c(cc4n3[Si]3(n5c-4cc4cc6ccccc6cc45)n4c(cc5cc6ccccc6cc54)-c4cc5cc6ccccc6cc5n43)cc2c1. The maximum Gasteiger partial charge on any atom is 0.522 e. The van der Waals surface area contributed by atoms with Gasteiger partial charge in [-0.15, -0.1) is 0 Å². The van der Waals surface area contributed by atoms with Crippen LogP contribution in [0, 0.1) is 0 Å². The van der Waals surface area contributed by atoms with Crippen LogP contribution in [0.2, 0.25) is 0 Å². The quantitative estimate of drug-likeness (QED) is 0.141. The first-order valence-electron chi connectivity index (χ1n) is 18.4. The summed E-state index contributed by atoms with van der Waals surface area (Å²) in [7, 11) is -3.28. The summed E-state index contributed by atoms with van der Waals surface area (Å²) in [4.78, 5) is 0. The van der Waals surface area contributed by atoms with Crippen LogP contribution in [0.25, 0.3) is 109 Å². The zero-order valence-electron chi connectivity index (χ0n) is 28.5. The zero-order chi connectivity index (χ0) is 34.2. The lowest BCUT2D eigenvalue weighted by Gasteiger charge is -2.32. The van der Waals surface area contributed by atoms with Crippen molar-refractivity contribution in [1.82, 2.24) is 16.9 Å². The van der Waals surface area contributed by atoms with Gasteiger partial charge in [0.25, 0.3) is 0 Å². The second-order valence-electron chi connectivity index (χ2n) is 15.1. The smallest absolute Gasteiger partial charge is 0.313 e. The first kappa shape index (κ1) is 26.9. The fraction of sp³-hybridized carbons (Fsp3) is 0. The van der Waals surface area contributed by atoms with E-state index in [0.29, 0.717) is 0 Å². The molecule has 0 saturated carbocycles. The maximum absolute atomic E-state index is 3.28.